The highest BCUT2D eigenvalue weighted by Gasteiger charge is 2.17. The minimum Gasteiger partial charge on any atom is -0.494 e. The van der Waals surface area contributed by atoms with Crippen LogP contribution in [0.2, 0.25) is 0 Å². The molecule has 0 spiro atoms. The van der Waals surface area contributed by atoms with E-state index >= 15 is 0 Å². The summed E-state index contributed by atoms with van der Waals surface area (Å²) in [6.45, 7) is 7.78. The van der Waals surface area contributed by atoms with Gasteiger partial charge in [-0.25, -0.2) is 0 Å². The topological polar surface area (TPSA) is 50.9 Å². The molecular formula is C17H28IN3O. The van der Waals surface area contributed by atoms with E-state index in [0.29, 0.717) is 12.6 Å². The van der Waals surface area contributed by atoms with Gasteiger partial charge < -0.3 is 15.4 Å². The van der Waals surface area contributed by atoms with Gasteiger partial charge in [0.05, 0.1) is 6.61 Å². The predicted octanol–water partition coefficient (Wildman–Crippen LogP) is 3.29. The first-order chi connectivity index (χ1) is 10.2. The average Bonchev–Trinajstić information content (AvgIpc) is 2.48. The van der Waals surface area contributed by atoms with E-state index in [1.807, 2.05) is 19.1 Å². The van der Waals surface area contributed by atoms with Gasteiger partial charge in [0.2, 0.25) is 0 Å². The van der Waals surface area contributed by atoms with Gasteiger partial charge in [-0.2, -0.15) is 0 Å². The van der Waals surface area contributed by atoms with Gasteiger partial charge in [-0.1, -0.05) is 19.1 Å². The molecule has 1 unspecified atom stereocenters. The summed E-state index contributed by atoms with van der Waals surface area (Å²) in [4.78, 5) is 6.75. The van der Waals surface area contributed by atoms with E-state index in [1.165, 1.54) is 18.4 Å². The molecule has 0 bridgehead atoms. The molecule has 0 radical (unpaired) electrons. The molecule has 1 aromatic rings. The van der Waals surface area contributed by atoms with Crippen molar-refractivity contribution >= 4 is 29.9 Å². The second-order valence-corrected chi connectivity index (χ2v) is 5.76. The number of nitrogens with zero attached hydrogens (tertiary/aromatic N) is 2. The second-order valence-electron chi connectivity index (χ2n) is 5.76. The first kappa shape index (κ1) is 19.1. The molecule has 1 heterocycles. The molecule has 1 atom stereocenters. The van der Waals surface area contributed by atoms with Crippen LogP contribution in [-0.2, 0) is 6.42 Å². The van der Waals surface area contributed by atoms with Crippen LogP contribution in [0.1, 0.15) is 32.3 Å². The van der Waals surface area contributed by atoms with Crippen LogP contribution in [0.15, 0.2) is 29.3 Å². The van der Waals surface area contributed by atoms with Crippen LogP contribution in [-0.4, -0.2) is 37.1 Å². The molecule has 5 heteroatoms. The van der Waals surface area contributed by atoms with E-state index in [9.17, 15) is 0 Å². The number of aliphatic imine (C=N–C) groups is 1. The zero-order chi connectivity index (χ0) is 15.1. The molecule has 0 aliphatic carbocycles. The smallest absolute Gasteiger partial charge is 0.191 e. The number of nitrogens with two attached hydrogens (primary N) is 1. The third-order valence-electron chi connectivity index (χ3n) is 3.86. The van der Waals surface area contributed by atoms with Crippen LogP contribution in [0.4, 0.5) is 0 Å². The lowest BCUT2D eigenvalue weighted by Crippen LogP contribution is -2.43. The second kappa shape index (κ2) is 9.92. The molecule has 2 rings (SSSR count). The maximum atomic E-state index is 6.10. The summed E-state index contributed by atoms with van der Waals surface area (Å²) in [5.41, 5.74) is 7.34. The van der Waals surface area contributed by atoms with Crippen LogP contribution in [0.3, 0.4) is 0 Å². The Morgan fingerprint density at radius 2 is 2.27 bits per heavy atom. The molecule has 1 aliphatic rings. The third kappa shape index (κ3) is 6.02. The fraction of sp³-hybridized carbons (Fsp3) is 0.588. The van der Waals surface area contributed by atoms with E-state index in [1.54, 1.807) is 0 Å². The number of guanidine groups is 1. The van der Waals surface area contributed by atoms with Gasteiger partial charge in [0.15, 0.2) is 5.96 Å². The van der Waals surface area contributed by atoms with Crippen LogP contribution in [0.25, 0.3) is 0 Å². The van der Waals surface area contributed by atoms with E-state index in [0.717, 1.165) is 37.7 Å². The fourth-order valence-corrected chi connectivity index (χ4v) is 2.75. The molecule has 124 valence electrons. The average molecular weight is 417 g/mol. The van der Waals surface area contributed by atoms with E-state index in [-0.39, 0.29) is 24.0 Å². The quantitative estimate of drug-likeness (QED) is 0.455. The number of benzene rings is 1. The van der Waals surface area contributed by atoms with Crippen LogP contribution < -0.4 is 10.5 Å². The van der Waals surface area contributed by atoms with Crippen molar-refractivity contribution < 1.29 is 4.74 Å². The molecule has 2 N–H and O–H groups in total. The van der Waals surface area contributed by atoms with Crippen molar-refractivity contribution in [3.63, 3.8) is 0 Å². The van der Waals surface area contributed by atoms with Gasteiger partial charge in [-0.3, -0.25) is 4.99 Å². The summed E-state index contributed by atoms with van der Waals surface area (Å²) < 4.78 is 5.51. The van der Waals surface area contributed by atoms with Gasteiger partial charge >= 0.3 is 0 Å². The first-order valence-corrected chi connectivity index (χ1v) is 7.95. The summed E-state index contributed by atoms with van der Waals surface area (Å²) in [5.74, 6) is 2.34. The summed E-state index contributed by atoms with van der Waals surface area (Å²) in [6.07, 6.45) is 3.41. The zero-order valence-electron chi connectivity index (χ0n) is 13.6. The Morgan fingerprint density at radius 1 is 1.45 bits per heavy atom. The zero-order valence-corrected chi connectivity index (χ0v) is 16.0. The van der Waals surface area contributed by atoms with E-state index < -0.39 is 0 Å². The van der Waals surface area contributed by atoms with Crippen molar-refractivity contribution in [1.82, 2.24) is 4.90 Å². The molecule has 1 saturated heterocycles. The van der Waals surface area contributed by atoms with Gasteiger partial charge in [0.1, 0.15) is 5.75 Å². The first-order valence-electron chi connectivity index (χ1n) is 7.95. The third-order valence-corrected chi connectivity index (χ3v) is 3.86. The highest BCUT2D eigenvalue weighted by molar-refractivity contribution is 14.0. The highest BCUT2D eigenvalue weighted by atomic mass is 127. The van der Waals surface area contributed by atoms with Crippen molar-refractivity contribution in [3.05, 3.63) is 29.8 Å². The normalized spacial score (nSPS) is 18.7. The Labute approximate surface area is 151 Å². The molecule has 1 aliphatic heterocycles. The number of halogens is 1. The number of ether oxygens (including phenoxy) is 1. The maximum absolute atomic E-state index is 6.10. The Hall–Kier alpha value is -0.980. The van der Waals surface area contributed by atoms with Gasteiger partial charge in [0.25, 0.3) is 0 Å². The van der Waals surface area contributed by atoms with Crippen LogP contribution >= 0.6 is 24.0 Å². The van der Waals surface area contributed by atoms with E-state index in [4.69, 9.17) is 10.5 Å². The Bertz CT molecular complexity index is 479. The molecule has 1 fully saturated rings. The number of hydrogen-bond acceptors (Lipinski definition) is 2. The minimum absolute atomic E-state index is 0. The number of likely N-dealkylation sites (tertiary alicyclic amines) is 1. The van der Waals surface area contributed by atoms with Gasteiger partial charge in [-0.05, 0) is 49.8 Å². The van der Waals surface area contributed by atoms with Crippen molar-refractivity contribution in [3.8, 4) is 5.75 Å². The summed E-state index contributed by atoms with van der Waals surface area (Å²) >= 11 is 0. The minimum atomic E-state index is 0. The summed E-state index contributed by atoms with van der Waals surface area (Å²) in [7, 11) is 0. The Kier molecular flexibility index (Phi) is 8.60. The lowest BCUT2D eigenvalue weighted by molar-refractivity contribution is 0.270. The standard InChI is InChI=1S/C17H27N3O.HI/c1-3-21-16-8-4-7-15(12-16)9-10-19-17(18)20-11-5-6-14(2)13-20;/h4,7-8,12,14H,3,5-6,9-11,13H2,1-2H3,(H2,18,19);1H. The SMILES string of the molecule is CCOc1cccc(CCN=C(N)N2CCCC(C)C2)c1.I. The van der Waals surface area contributed by atoms with Crippen LogP contribution in [0, 0.1) is 5.92 Å². The molecule has 1 aromatic carbocycles. The van der Waals surface area contributed by atoms with Gasteiger partial charge in [-0.15, -0.1) is 24.0 Å². The van der Waals surface area contributed by atoms with E-state index in [2.05, 4.69) is 28.9 Å². The van der Waals surface area contributed by atoms with Crippen molar-refractivity contribution in [2.75, 3.05) is 26.2 Å². The fourth-order valence-electron chi connectivity index (χ4n) is 2.75. The Balaban J connectivity index is 0.00000242. The lowest BCUT2D eigenvalue weighted by atomic mass is 10.0. The van der Waals surface area contributed by atoms with Gasteiger partial charge in [0, 0.05) is 19.6 Å². The molecular weight excluding hydrogens is 389 g/mol. The molecule has 0 aromatic heterocycles. The molecule has 4 nitrogen and oxygen atoms in total. The van der Waals surface area contributed by atoms with Crippen molar-refractivity contribution in [2.45, 2.75) is 33.1 Å². The summed E-state index contributed by atoms with van der Waals surface area (Å²) in [5, 5.41) is 0. The van der Waals surface area contributed by atoms with Crippen molar-refractivity contribution in [1.29, 1.82) is 0 Å². The molecule has 0 amide bonds. The monoisotopic (exact) mass is 417 g/mol. The largest absolute Gasteiger partial charge is 0.494 e. The molecule has 22 heavy (non-hydrogen) atoms. The predicted molar refractivity (Wildman–Crippen MR) is 103 cm³/mol. The van der Waals surface area contributed by atoms with Crippen LogP contribution in [0.5, 0.6) is 5.75 Å². The number of piperidine rings is 1. The highest BCUT2D eigenvalue weighted by Crippen LogP contribution is 2.15. The number of rotatable bonds is 5. The maximum Gasteiger partial charge on any atom is 0.191 e. The Morgan fingerprint density at radius 3 is 3.00 bits per heavy atom. The molecule has 0 saturated carbocycles. The van der Waals surface area contributed by atoms with Crippen molar-refractivity contribution in [2.24, 2.45) is 16.6 Å². The summed E-state index contributed by atoms with van der Waals surface area (Å²) in [6, 6.07) is 8.20. The lowest BCUT2D eigenvalue weighted by Gasteiger charge is -2.31. The number of hydrogen-bond donors (Lipinski definition) is 1.